The molecule has 0 saturated carbocycles. The van der Waals surface area contributed by atoms with Gasteiger partial charge in [0, 0.05) is 32.0 Å². The predicted molar refractivity (Wildman–Crippen MR) is 77.2 cm³/mol. The second kappa shape index (κ2) is 5.59. The maximum Gasteiger partial charge on any atom is 0.222 e. The van der Waals surface area contributed by atoms with E-state index in [-0.39, 0.29) is 35.3 Å². The van der Waals surface area contributed by atoms with Crippen LogP contribution in [0.2, 0.25) is 0 Å². The summed E-state index contributed by atoms with van der Waals surface area (Å²) in [6.45, 7) is 1.36. The molecule has 21 heavy (non-hydrogen) atoms. The third-order valence-corrected chi connectivity index (χ3v) is 6.80. The fraction of sp³-hybridized carbons (Fsp3) is 0.857. The van der Waals surface area contributed by atoms with Gasteiger partial charge >= 0.3 is 0 Å². The predicted octanol–water partition coefficient (Wildman–Crippen LogP) is -0.0617. The van der Waals surface area contributed by atoms with Crippen LogP contribution in [0.5, 0.6) is 0 Å². The molecule has 3 unspecified atom stereocenters. The zero-order valence-electron chi connectivity index (χ0n) is 12.1. The van der Waals surface area contributed by atoms with Crippen molar-refractivity contribution < 1.29 is 18.0 Å². The first kappa shape index (κ1) is 14.8. The van der Waals surface area contributed by atoms with E-state index in [1.165, 1.54) is 0 Å². The van der Waals surface area contributed by atoms with Crippen LogP contribution < -0.4 is 5.32 Å². The number of rotatable bonds is 2. The van der Waals surface area contributed by atoms with E-state index in [1.54, 1.807) is 0 Å². The minimum Gasteiger partial charge on any atom is -0.353 e. The fourth-order valence-corrected chi connectivity index (χ4v) is 5.61. The highest BCUT2D eigenvalue weighted by Gasteiger charge is 2.36. The Morgan fingerprint density at radius 2 is 2.10 bits per heavy atom. The SMILES string of the molecule is O=C1CCC2CN(C(=O)CC3CCS(=O)(=O)C3)CCC2N1. The zero-order valence-corrected chi connectivity index (χ0v) is 12.9. The van der Waals surface area contributed by atoms with Crippen LogP contribution in [-0.4, -0.2) is 55.8 Å². The van der Waals surface area contributed by atoms with Crippen LogP contribution in [0.25, 0.3) is 0 Å². The van der Waals surface area contributed by atoms with Crippen molar-refractivity contribution in [1.29, 1.82) is 0 Å². The molecule has 3 atom stereocenters. The number of amides is 2. The van der Waals surface area contributed by atoms with E-state index in [9.17, 15) is 18.0 Å². The molecule has 0 aromatic heterocycles. The van der Waals surface area contributed by atoms with E-state index in [4.69, 9.17) is 0 Å². The summed E-state index contributed by atoms with van der Waals surface area (Å²) in [5.41, 5.74) is 0. The lowest BCUT2D eigenvalue weighted by Gasteiger charge is -2.41. The highest BCUT2D eigenvalue weighted by Crippen LogP contribution is 2.27. The number of carbonyl (C=O) groups is 2. The minimum atomic E-state index is -2.92. The van der Waals surface area contributed by atoms with Gasteiger partial charge in [0.1, 0.15) is 0 Å². The Morgan fingerprint density at radius 1 is 1.29 bits per heavy atom. The van der Waals surface area contributed by atoms with Crippen LogP contribution in [0.3, 0.4) is 0 Å². The van der Waals surface area contributed by atoms with Crippen molar-refractivity contribution >= 4 is 21.7 Å². The molecule has 0 aliphatic carbocycles. The van der Waals surface area contributed by atoms with E-state index < -0.39 is 9.84 Å². The molecule has 0 aromatic rings. The summed E-state index contributed by atoms with van der Waals surface area (Å²) in [4.78, 5) is 25.6. The maximum absolute atomic E-state index is 12.3. The van der Waals surface area contributed by atoms with Crippen LogP contribution in [0, 0.1) is 11.8 Å². The van der Waals surface area contributed by atoms with E-state index in [0.717, 1.165) is 12.8 Å². The second-order valence-electron chi connectivity index (χ2n) is 6.57. The molecular formula is C14H22N2O4S. The fourth-order valence-electron chi connectivity index (χ4n) is 3.75. The van der Waals surface area contributed by atoms with Crippen molar-refractivity contribution in [1.82, 2.24) is 10.2 Å². The largest absolute Gasteiger partial charge is 0.353 e. The van der Waals surface area contributed by atoms with Gasteiger partial charge in [-0.25, -0.2) is 8.42 Å². The van der Waals surface area contributed by atoms with Crippen molar-refractivity contribution in [3.05, 3.63) is 0 Å². The molecule has 1 N–H and O–H groups in total. The first-order chi connectivity index (χ1) is 9.93. The highest BCUT2D eigenvalue weighted by atomic mass is 32.2. The number of hydrogen-bond acceptors (Lipinski definition) is 4. The summed E-state index contributed by atoms with van der Waals surface area (Å²) in [6, 6.07) is 0.210. The number of piperidine rings is 2. The van der Waals surface area contributed by atoms with E-state index in [0.29, 0.717) is 38.3 Å². The van der Waals surface area contributed by atoms with Gasteiger partial charge in [0.25, 0.3) is 0 Å². The smallest absolute Gasteiger partial charge is 0.222 e. The van der Waals surface area contributed by atoms with Gasteiger partial charge < -0.3 is 10.2 Å². The molecule has 3 rings (SSSR count). The van der Waals surface area contributed by atoms with E-state index in [2.05, 4.69) is 5.32 Å². The van der Waals surface area contributed by atoms with Gasteiger partial charge in [-0.2, -0.15) is 0 Å². The summed E-state index contributed by atoms with van der Waals surface area (Å²) in [5.74, 6) is 0.926. The number of nitrogens with one attached hydrogen (secondary N) is 1. The lowest BCUT2D eigenvalue weighted by molar-refractivity contribution is -0.135. The molecule has 7 heteroatoms. The summed E-state index contributed by atoms with van der Waals surface area (Å²) < 4.78 is 22.9. The Balaban J connectivity index is 1.53. The molecular weight excluding hydrogens is 292 g/mol. The van der Waals surface area contributed by atoms with Gasteiger partial charge in [0.05, 0.1) is 11.5 Å². The first-order valence-electron chi connectivity index (χ1n) is 7.70. The van der Waals surface area contributed by atoms with Crippen LogP contribution >= 0.6 is 0 Å². The molecule has 3 fully saturated rings. The van der Waals surface area contributed by atoms with Crippen molar-refractivity contribution in [2.24, 2.45) is 11.8 Å². The van der Waals surface area contributed by atoms with Crippen molar-refractivity contribution in [3.8, 4) is 0 Å². The normalized spacial score (nSPS) is 35.1. The Morgan fingerprint density at radius 3 is 2.81 bits per heavy atom. The molecule has 0 aromatic carbocycles. The molecule has 0 bridgehead atoms. The number of carbonyl (C=O) groups excluding carboxylic acids is 2. The van der Waals surface area contributed by atoms with Gasteiger partial charge in [0.2, 0.25) is 11.8 Å². The average Bonchev–Trinajstić information content (AvgIpc) is 2.77. The molecule has 3 saturated heterocycles. The molecule has 3 aliphatic rings. The standard InChI is InChI=1S/C14H22N2O4S/c17-13-2-1-11-8-16(5-3-12(11)15-13)14(18)7-10-4-6-21(19,20)9-10/h10-12H,1-9H2,(H,15,17). The minimum absolute atomic E-state index is 0.00807. The first-order valence-corrected chi connectivity index (χ1v) is 9.52. The van der Waals surface area contributed by atoms with Crippen LogP contribution in [0.4, 0.5) is 0 Å². The second-order valence-corrected chi connectivity index (χ2v) is 8.80. The molecule has 3 aliphatic heterocycles. The van der Waals surface area contributed by atoms with Gasteiger partial charge in [-0.1, -0.05) is 0 Å². The number of sulfone groups is 1. The Bertz CT molecular complexity index is 545. The van der Waals surface area contributed by atoms with Crippen molar-refractivity contribution in [3.63, 3.8) is 0 Å². The Kier molecular flexibility index (Phi) is 3.94. The molecule has 3 heterocycles. The molecule has 6 nitrogen and oxygen atoms in total. The topological polar surface area (TPSA) is 83.6 Å². The van der Waals surface area contributed by atoms with E-state index in [1.807, 2.05) is 4.90 Å². The Hall–Kier alpha value is -1.11. The highest BCUT2D eigenvalue weighted by molar-refractivity contribution is 7.91. The molecule has 0 spiro atoms. The molecule has 0 radical (unpaired) electrons. The number of hydrogen-bond donors (Lipinski definition) is 1. The molecule has 2 amide bonds. The monoisotopic (exact) mass is 314 g/mol. The van der Waals surface area contributed by atoms with Gasteiger partial charge in [-0.3, -0.25) is 9.59 Å². The number of likely N-dealkylation sites (tertiary alicyclic amines) is 1. The van der Waals surface area contributed by atoms with Crippen molar-refractivity contribution in [2.45, 2.75) is 38.1 Å². The van der Waals surface area contributed by atoms with Gasteiger partial charge in [-0.15, -0.1) is 0 Å². The van der Waals surface area contributed by atoms with Crippen LogP contribution in [0.15, 0.2) is 0 Å². The Labute approximate surface area is 125 Å². The summed E-state index contributed by atoms with van der Waals surface area (Å²) in [5, 5.41) is 3.01. The lowest BCUT2D eigenvalue weighted by atomic mass is 9.85. The summed E-state index contributed by atoms with van der Waals surface area (Å²) in [6.07, 6.45) is 3.17. The number of nitrogens with zero attached hydrogens (tertiary/aromatic N) is 1. The summed E-state index contributed by atoms with van der Waals surface area (Å²) in [7, 11) is -2.92. The third-order valence-electron chi connectivity index (χ3n) is 4.97. The maximum atomic E-state index is 12.3. The zero-order chi connectivity index (χ0) is 15.0. The number of fused-ring (bicyclic) bond motifs is 1. The van der Waals surface area contributed by atoms with E-state index >= 15 is 0 Å². The van der Waals surface area contributed by atoms with Crippen molar-refractivity contribution in [2.75, 3.05) is 24.6 Å². The lowest BCUT2D eigenvalue weighted by Crippen LogP contribution is -2.55. The quantitative estimate of drug-likeness (QED) is 0.774. The van der Waals surface area contributed by atoms with Gasteiger partial charge in [0.15, 0.2) is 9.84 Å². The van der Waals surface area contributed by atoms with Crippen LogP contribution in [-0.2, 0) is 19.4 Å². The summed E-state index contributed by atoms with van der Waals surface area (Å²) >= 11 is 0. The van der Waals surface area contributed by atoms with Crippen LogP contribution in [0.1, 0.15) is 32.1 Å². The third kappa shape index (κ3) is 3.39. The molecule has 118 valence electrons. The van der Waals surface area contributed by atoms with Gasteiger partial charge in [-0.05, 0) is 31.1 Å². The average molecular weight is 314 g/mol.